The van der Waals surface area contributed by atoms with Crippen molar-refractivity contribution in [1.29, 1.82) is 5.26 Å². The monoisotopic (exact) mass is 561 g/mol. The fourth-order valence-corrected chi connectivity index (χ4v) is 6.27. The summed E-state index contributed by atoms with van der Waals surface area (Å²) in [4.78, 5) is 11.8. The molecule has 4 aromatic rings. The first kappa shape index (κ1) is 27.7. The molecule has 1 unspecified atom stereocenters. The van der Waals surface area contributed by atoms with E-state index >= 15 is 0 Å². The van der Waals surface area contributed by atoms with E-state index in [1.165, 1.54) is 12.8 Å². The number of hydrogen-bond acceptors (Lipinski definition) is 8. The Bertz CT molecular complexity index is 1520. The van der Waals surface area contributed by atoms with E-state index < -0.39 is 0 Å². The average Bonchev–Trinajstić information content (AvgIpc) is 3.72. The van der Waals surface area contributed by atoms with Gasteiger partial charge in [-0.05, 0) is 93.2 Å². The molecule has 1 aliphatic carbocycles. The van der Waals surface area contributed by atoms with E-state index in [0.717, 1.165) is 78.2 Å². The largest absolute Gasteiger partial charge is 0.399 e. The van der Waals surface area contributed by atoms with Crippen molar-refractivity contribution in [1.82, 2.24) is 24.6 Å². The Hall–Kier alpha value is -4.42. The number of nitrogen functional groups attached to an aromatic ring is 1. The van der Waals surface area contributed by atoms with Gasteiger partial charge in [0.1, 0.15) is 0 Å². The van der Waals surface area contributed by atoms with Gasteiger partial charge in [0.2, 0.25) is 5.95 Å². The van der Waals surface area contributed by atoms with Crippen molar-refractivity contribution in [3.8, 4) is 28.5 Å². The van der Waals surface area contributed by atoms with Gasteiger partial charge in [-0.1, -0.05) is 31.0 Å². The number of aromatic nitrogens is 4. The lowest BCUT2D eigenvalue weighted by Crippen LogP contribution is -2.36. The number of nitriles is 1. The zero-order valence-electron chi connectivity index (χ0n) is 24.2. The Kier molecular flexibility index (Phi) is 8.33. The van der Waals surface area contributed by atoms with Crippen molar-refractivity contribution in [3.05, 3.63) is 67.1 Å². The van der Waals surface area contributed by atoms with Crippen molar-refractivity contribution >= 4 is 23.0 Å². The van der Waals surface area contributed by atoms with E-state index in [1.54, 1.807) is 6.20 Å². The van der Waals surface area contributed by atoms with Gasteiger partial charge in [-0.15, -0.1) is 0 Å². The summed E-state index contributed by atoms with van der Waals surface area (Å²) in [6, 6.07) is 19.1. The Morgan fingerprint density at radius 2 is 1.74 bits per heavy atom. The molecule has 0 radical (unpaired) electrons. The van der Waals surface area contributed by atoms with Crippen molar-refractivity contribution in [3.63, 3.8) is 0 Å². The maximum atomic E-state index is 9.47. The molecule has 42 heavy (non-hydrogen) atoms. The summed E-state index contributed by atoms with van der Waals surface area (Å²) in [6.07, 6.45) is 13.1. The molecule has 1 saturated heterocycles. The quantitative estimate of drug-likeness (QED) is 0.199. The molecule has 2 fully saturated rings. The highest BCUT2D eigenvalue weighted by atomic mass is 15.3. The van der Waals surface area contributed by atoms with Crippen LogP contribution < -0.4 is 16.4 Å². The molecular weight excluding hydrogens is 522 g/mol. The van der Waals surface area contributed by atoms with Crippen LogP contribution in [0.25, 0.3) is 22.4 Å². The van der Waals surface area contributed by atoms with E-state index in [4.69, 9.17) is 10.7 Å². The molecule has 0 amide bonds. The second-order valence-corrected chi connectivity index (χ2v) is 11.7. The average molecular weight is 562 g/mol. The van der Waals surface area contributed by atoms with Gasteiger partial charge in [-0.25, -0.2) is 9.97 Å². The third-order valence-corrected chi connectivity index (χ3v) is 8.73. The molecule has 0 spiro atoms. The normalized spacial score (nSPS) is 17.1. The summed E-state index contributed by atoms with van der Waals surface area (Å²) in [5.74, 6) is 1.02. The highest BCUT2D eigenvalue weighted by molar-refractivity contribution is 5.80. The van der Waals surface area contributed by atoms with Crippen LogP contribution in [0.15, 0.2) is 67.1 Å². The Balaban J connectivity index is 1.27. The van der Waals surface area contributed by atoms with Crippen LogP contribution in [0.4, 0.5) is 23.0 Å². The van der Waals surface area contributed by atoms with Crippen LogP contribution in [0.2, 0.25) is 0 Å². The van der Waals surface area contributed by atoms with Crippen LogP contribution in [0.1, 0.15) is 51.0 Å². The number of hydrogen-bond donors (Lipinski definition) is 3. The predicted octanol–water partition coefficient (Wildman–Crippen LogP) is 6.48. The fraction of sp³-hybridized carbons (Fsp3) is 0.394. The first-order chi connectivity index (χ1) is 20.6. The van der Waals surface area contributed by atoms with E-state index in [1.807, 2.05) is 47.4 Å². The van der Waals surface area contributed by atoms with Gasteiger partial charge >= 0.3 is 0 Å². The van der Waals surface area contributed by atoms with Crippen LogP contribution in [-0.4, -0.2) is 50.8 Å². The zero-order valence-corrected chi connectivity index (χ0v) is 24.2. The molecule has 1 saturated carbocycles. The van der Waals surface area contributed by atoms with Crippen molar-refractivity contribution < 1.29 is 0 Å². The fourth-order valence-electron chi connectivity index (χ4n) is 6.27. The van der Waals surface area contributed by atoms with E-state index in [-0.39, 0.29) is 6.04 Å². The van der Waals surface area contributed by atoms with Crippen molar-refractivity contribution in [2.45, 2.75) is 57.0 Å². The number of piperidine rings is 1. The summed E-state index contributed by atoms with van der Waals surface area (Å²) in [5, 5.41) is 21.4. The molecule has 6 rings (SSSR count). The molecule has 9 nitrogen and oxygen atoms in total. The summed E-state index contributed by atoms with van der Waals surface area (Å²) in [7, 11) is 2.18. The highest BCUT2D eigenvalue weighted by Gasteiger charge is 2.27. The van der Waals surface area contributed by atoms with Crippen LogP contribution >= 0.6 is 0 Å². The summed E-state index contributed by atoms with van der Waals surface area (Å²) in [6.45, 7) is 2.16. The Morgan fingerprint density at radius 3 is 2.50 bits per heavy atom. The standard InChI is InChI=1S/C33H39N9/c1-41-18-14-28(15-19-41)38-30-11-8-25(23-6-9-27(35)10-7-23)20-31(30)40-33-36-17-13-29(39-33)26-21-37-42(22-26)32(12-16-34)24-4-2-3-5-24/h6-11,13,17,20-22,24,28,32,38H,2-5,12,14-15,18-19,35H2,1H3,(H,36,39,40). The van der Waals surface area contributed by atoms with Crippen LogP contribution in [0.3, 0.4) is 0 Å². The molecule has 1 aliphatic heterocycles. The number of nitrogens with zero attached hydrogens (tertiary/aromatic N) is 6. The number of nitrogens with one attached hydrogen (secondary N) is 2. The molecule has 2 aliphatic rings. The SMILES string of the molecule is CN1CCC(Nc2ccc(-c3ccc(N)cc3)cc2Nc2nccc(-c3cnn(C(CC#N)C4CCCC4)c3)n2)CC1. The highest BCUT2D eigenvalue weighted by Crippen LogP contribution is 2.37. The van der Waals surface area contributed by atoms with Gasteiger partial charge < -0.3 is 21.3 Å². The third-order valence-electron chi connectivity index (χ3n) is 8.73. The smallest absolute Gasteiger partial charge is 0.227 e. The first-order valence-corrected chi connectivity index (χ1v) is 15.0. The van der Waals surface area contributed by atoms with Crippen LogP contribution in [-0.2, 0) is 0 Å². The number of benzene rings is 2. The van der Waals surface area contributed by atoms with E-state index in [2.05, 4.69) is 56.9 Å². The zero-order chi connectivity index (χ0) is 28.9. The van der Waals surface area contributed by atoms with E-state index in [0.29, 0.717) is 24.3 Å². The minimum Gasteiger partial charge on any atom is -0.399 e. The maximum Gasteiger partial charge on any atom is 0.227 e. The summed E-state index contributed by atoms with van der Waals surface area (Å²) >= 11 is 0. The number of rotatable bonds is 9. The molecule has 216 valence electrons. The molecule has 0 bridgehead atoms. The Morgan fingerprint density at radius 1 is 0.976 bits per heavy atom. The van der Waals surface area contributed by atoms with Gasteiger partial charge in [0, 0.05) is 29.7 Å². The van der Waals surface area contributed by atoms with Crippen LogP contribution in [0.5, 0.6) is 0 Å². The predicted molar refractivity (Wildman–Crippen MR) is 168 cm³/mol. The number of likely N-dealkylation sites (tertiary alicyclic amines) is 1. The minimum atomic E-state index is 0.106. The van der Waals surface area contributed by atoms with Gasteiger partial charge in [0.25, 0.3) is 0 Å². The molecule has 2 aromatic heterocycles. The minimum absolute atomic E-state index is 0.106. The molecular formula is C33H39N9. The molecule has 4 N–H and O–H groups in total. The second-order valence-electron chi connectivity index (χ2n) is 11.7. The Labute approximate surface area is 247 Å². The van der Waals surface area contributed by atoms with Gasteiger partial charge in [0.15, 0.2) is 0 Å². The lowest BCUT2D eigenvalue weighted by molar-refractivity contribution is 0.264. The third kappa shape index (κ3) is 6.39. The maximum absolute atomic E-state index is 9.47. The van der Waals surface area contributed by atoms with Crippen LogP contribution in [0, 0.1) is 17.2 Å². The summed E-state index contributed by atoms with van der Waals surface area (Å²) < 4.78 is 1.98. The second kappa shape index (κ2) is 12.6. The van der Waals surface area contributed by atoms with Gasteiger partial charge in [-0.3, -0.25) is 4.68 Å². The van der Waals surface area contributed by atoms with Crippen molar-refractivity contribution in [2.75, 3.05) is 36.5 Å². The number of nitrogens with two attached hydrogens (primary N) is 1. The topological polar surface area (TPSA) is 121 Å². The first-order valence-electron chi connectivity index (χ1n) is 15.0. The van der Waals surface area contributed by atoms with Gasteiger partial charge in [-0.2, -0.15) is 10.4 Å². The molecule has 9 heteroatoms. The van der Waals surface area contributed by atoms with E-state index in [9.17, 15) is 5.26 Å². The molecule has 3 heterocycles. The summed E-state index contributed by atoms with van der Waals surface area (Å²) in [5.41, 5.74) is 12.5. The lowest BCUT2D eigenvalue weighted by Gasteiger charge is -2.30. The lowest BCUT2D eigenvalue weighted by atomic mass is 9.96. The molecule has 2 aromatic carbocycles. The molecule has 1 atom stereocenters. The van der Waals surface area contributed by atoms with Crippen molar-refractivity contribution in [2.24, 2.45) is 5.92 Å². The van der Waals surface area contributed by atoms with Gasteiger partial charge in [0.05, 0.1) is 41.8 Å². The number of anilines is 4.